The van der Waals surface area contributed by atoms with E-state index >= 15 is 0 Å². The van der Waals surface area contributed by atoms with Gasteiger partial charge in [0.1, 0.15) is 30.0 Å². The number of unbranched alkanes of at least 4 members (excludes halogenated alkanes) is 2. The lowest BCUT2D eigenvalue weighted by molar-refractivity contribution is -0.141. The molecule has 1 rings (SSSR count). The molecule has 9 heteroatoms. The van der Waals surface area contributed by atoms with Gasteiger partial charge < -0.3 is 25.4 Å². The van der Waals surface area contributed by atoms with Crippen LogP contribution in [0.2, 0.25) is 0 Å². The molecule has 0 aliphatic carbocycles. The number of phenolic OH excluding ortho intramolecular Hbond substituents is 1. The van der Waals surface area contributed by atoms with Crippen LogP contribution in [0.4, 0.5) is 4.79 Å². The van der Waals surface area contributed by atoms with E-state index in [9.17, 15) is 24.8 Å². The van der Waals surface area contributed by atoms with E-state index in [0.29, 0.717) is 12.1 Å². The predicted molar refractivity (Wildman–Crippen MR) is 120 cm³/mol. The van der Waals surface area contributed by atoms with Crippen molar-refractivity contribution in [3.8, 4) is 11.8 Å². The van der Waals surface area contributed by atoms with Gasteiger partial charge in [0.2, 0.25) is 11.8 Å². The summed E-state index contributed by atoms with van der Waals surface area (Å²) in [6, 6.07) is 5.68. The van der Waals surface area contributed by atoms with Crippen molar-refractivity contribution in [2.24, 2.45) is 0 Å². The predicted octanol–water partition coefficient (Wildman–Crippen LogP) is 3.01. The molecule has 2 atom stereocenters. The topological polar surface area (TPSA) is 132 Å². The van der Waals surface area contributed by atoms with Gasteiger partial charge in [-0.15, -0.1) is 0 Å². The van der Waals surface area contributed by atoms with E-state index in [1.807, 2.05) is 13.0 Å². The van der Waals surface area contributed by atoms with Crippen LogP contribution in [0.5, 0.6) is 5.75 Å². The van der Waals surface area contributed by atoms with Crippen LogP contribution < -0.4 is 10.6 Å². The zero-order chi connectivity index (χ0) is 24.3. The molecule has 3 N–H and O–H groups in total. The number of phenols is 1. The second kappa shape index (κ2) is 12.5. The van der Waals surface area contributed by atoms with Crippen LogP contribution in [0.3, 0.4) is 0 Å². The van der Waals surface area contributed by atoms with Crippen molar-refractivity contribution in [3.63, 3.8) is 0 Å². The number of ether oxygens (including phenoxy) is 1. The van der Waals surface area contributed by atoms with Gasteiger partial charge in [0.05, 0.1) is 6.07 Å². The Kier molecular flexibility index (Phi) is 10.5. The van der Waals surface area contributed by atoms with Crippen LogP contribution in [-0.4, -0.2) is 52.6 Å². The third-order valence-electron chi connectivity index (χ3n) is 4.45. The number of nitriles is 1. The maximum atomic E-state index is 13.2. The van der Waals surface area contributed by atoms with Crippen molar-refractivity contribution in [2.75, 3.05) is 13.1 Å². The Hall–Kier alpha value is -3.28. The van der Waals surface area contributed by atoms with Crippen molar-refractivity contribution in [1.82, 2.24) is 15.5 Å². The van der Waals surface area contributed by atoms with Gasteiger partial charge in [0, 0.05) is 6.54 Å². The van der Waals surface area contributed by atoms with E-state index in [-0.39, 0.29) is 12.3 Å². The van der Waals surface area contributed by atoms with Gasteiger partial charge in [-0.1, -0.05) is 31.9 Å². The summed E-state index contributed by atoms with van der Waals surface area (Å²) in [5.74, 6) is -1.18. The quantitative estimate of drug-likeness (QED) is 0.374. The second-order valence-electron chi connectivity index (χ2n) is 8.49. The van der Waals surface area contributed by atoms with Crippen LogP contribution in [0.25, 0.3) is 0 Å². The fourth-order valence-corrected chi connectivity index (χ4v) is 3.02. The molecule has 0 saturated heterocycles. The van der Waals surface area contributed by atoms with Crippen molar-refractivity contribution >= 4 is 17.9 Å². The standard InChI is InChI=1S/C23H34N4O5/c1-6-7-8-13-25-20(29)19(17-10-9-11-18(28)15-17)27(14-12-24)21(30)16(2)26-22(31)32-23(3,4)5/h9-11,15-16,19,28H,6-8,13-14H2,1-5H3,(H,25,29)(H,26,31). The molecule has 0 radical (unpaired) electrons. The number of nitrogens with zero attached hydrogens (tertiary/aromatic N) is 2. The molecule has 0 aromatic heterocycles. The Morgan fingerprint density at radius 3 is 2.50 bits per heavy atom. The molecule has 0 fully saturated rings. The number of rotatable bonds is 10. The zero-order valence-electron chi connectivity index (χ0n) is 19.5. The largest absolute Gasteiger partial charge is 0.508 e. The number of aromatic hydroxyl groups is 1. The van der Waals surface area contributed by atoms with E-state index < -0.39 is 35.6 Å². The molecule has 1 aromatic carbocycles. The Morgan fingerprint density at radius 2 is 1.94 bits per heavy atom. The lowest BCUT2D eigenvalue weighted by Gasteiger charge is -2.32. The normalized spacial score (nSPS) is 12.8. The molecule has 176 valence electrons. The third kappa shape index (κ3) is 8.84. The van der Waals surface area contributed by atoms with Crippen LogP contribution >= 0.6 is 0 Å². The highest BCUT2D eigenvalue weighted by Gasteiger charge is 2.34. The highest BCUT2D eigenvalue weighted by molar-refractivity contribution is 5.92. The van der Waals surface area contributed by atoms with Crippen molar-refractivity contribution in [2.45, 2.75) is 71.6 Å². The van der Waals surface area contributed by atoms with Gasteiger partial charge in [-0.2, -0.15) is 5.26 Å². The van der Waals surface area contributed by atoms with E-state index in [1.54, 1.807) is 32.9 Å². The van der Waals surface area contributed by atoms with Crippen LogP contribution in [0.1, 0.15) is 65.5 Å². The lowest BCUT2D eigenvalue weighted by Crippen LogP contribution is -2.52. The van der Waals surface area contributed by atoms with E-state index in [4.69, 9.17) is 4.74 Å². The van der Waals surface area contributed by atoms with Crippen molar-refractivity contribution < 1.29 is 24.2 Å². The van der Waals surface area contributed by atoms with Gasteiger partial charge in [0.25, 0.3) is 0 Å². The smallest absolute Gasteiger partial charge is 0.408 e. The molecule has 0 aliphatic heterocycles. The molecular weight excluding hydrogens is 412 g/mol. The first kappa shape index (κ1) is 26.8. The minimum absolute atomic E-state index is 0.0735. The summed E-state index contributed by atoms with van der Waals surface area (Å²) in [6.45, 7) is 8.62. The van der Waals surface area contributed by atoms with Gasteiger partial charge in [-0.3, -0.25) is 9.59 Å². The van der Waals surface area contributed by atoms with Crippen molar-refractivity contribution in [1.29, 1.82) is 5.26 Å². The first-order chi connectivity index (χ1) is 15.0. The summed E-state index contributed by atoms with van der Waals surface area (Å²) < 4.78 is 5.18. The van der Waals surface area contributed by atoms with Gasteiger partial charge >= 0.3 is 6.09 Å². The molecule has 2 unspecified atom stereocenters. The summed E-state index contributed by atoms with van der Waals surface area (Å²) in [5.41, 5.74) is -0.396. The Bertz CT molecular complexity index is 828. The van der Waals surface area contributed by atoms with Gasteiger partial charge in [-0.25, -0.2) is 4.79 Å². The highest BCUT2D eigenvalue weighted by atomic mass is 16.6. The molecule has 0 bridgehead atoms. The first-order valence-electron chi connectivity index (χ1n) is 10.7. The van der Waals surface area contributed by atoms with Crippen molar-refractivity contribution in [3.05, 3.63) is 29.8 Å². The third-order valence-corrected chi connectivity index (χ3v) is 4.45. The monoisotopic (exact) mass is 446 g/mol. The number of carbonyl (C=O) groups is 3. The minimum atomic E-state index is -1.15. The zero-order valence-corrected chi connectivity index (χ0v) is 19.5. The van der Waals surface area contributed by atoms with E-state index in [1.165, 1.54) is 19.1 Å². The average Bonchev–Trinajstić information content (AvgIpc) is 2.69. The number of carbonyl (C=O) groups excluding carboxylic acids is 3. The fraction of sp³-hybridized carbons (Fsp3) is 0.565. The van der Waals surface area contributed by atoms with Crippen LogP contribution in [-0.2, 0) is 14.3 Å². The fourth-order valence-electron chi connectivity index (χ4n) is 3.02. The summed E-state index contributed by atoms with van der Waals surface area (Å²) in [4.78, 5) is 39.4. The second-order valence-corrected chi connectivity index (χ2v) is 8.49. The van der Waals surface area contributed by atoms with Crippen LogP contribution in [0.15, 0.2) is 24.3 Å². The SMILES string of the molecule is CCCCCNC(=O)C(c1cccc(O)c1)N(CC#N)C(=O)C(C)NC(=O)OC(C)(C)C. The number of benzene rings is 1. The summed E-state index contributed by atoms with van der Waals surface area (Å²) in [6.07, 6.45) is 1.92. The molecule has 1 aromatic rings. The summed E-state index contributed by atoms with van der Waals surface area (Å²) >= 11 is 0. The Labute approximate surface area is 189 Å². The number of hydrogen-bond acceptors (Lipinski definition) is 6. The molecule has 32 heavy (non-hydrogen) atoms. The number of hydrogen-bond donors (Lipinski definition) is 3. The molecule has 0 spiro atoms. The van der Waals surface area contributed by atoms with Crippen LogP contribution in [0, 0.1) is 11.3 Å². The molecule has 0 aliphatic rings. The van der Waals surface area contributed by atoms with E-state index in [0.717, 1.165) is 24.2 Å². The molecule has 9 nitrogen and oxygen atoms in total. The Balaban J connectivity index is 3.17. The molecular formula is C23H34N4O5. The molecule has 0 heterocycles. The summed E-state index contributed by atoms with van der Waals surface area (Å²) in [5, 5.41) is 24.5. The first-order valence-corrected chi connectivity index (χ1v) is 10.7. The molecule has 0 saturated carbocycles. The van der Waals surface area contributed by atoms with E-state index in [2.05, 4.69) is 10.6 Å². The van der Waals surface area contributed by atoms with Gasteiger partial charge in [-0.05, 0) is 51.8 Å². The maximum absolute atomic E-state index is 13.2. The molecule has 3 amide bonds. The highest BCUT2D eigenvalue weighted by Crippen LogP contribution is 2.25. The number of alkyl carbamates (subject to hydrolysis) is 1. The minimum Gasteiger partial charge on any atom is -0.508 e. The Morgan fingerprint density at radius 1 is 1.25 bits per heavy atom. The van der Waals surface area contributed by atoms with Gasteiger partial charge in [0.15, 0.2) is 0 Å². The number of amides is 3. The number of nitrogens with one attached hydrogen (secondary N) is 2. The average molecular weight is 447 g/mol. The summed E-state index contributed by atoms with van der Waals surface area (Å²) in [7, 11) is 0. The maximum Gasteiger partial charge on any atom is 0.408 e. The lowest BCUT2D eigenvalue weighted by atomic mass is 10.0.